The molecule has 4 nitrogen and oxygen atoms in total. The molecule has 1 aromatic heterocycles. The van der Waals surface area contributed by atoms with Crippen molar-refractivity contribution < 1.29 is 18.3 Å². The SMILES string of the molecule is O=c1c2cc(F)c(O)cc2oc2cc(N3CCCCC3)c(F)cc12. The standard InChI is InChI=1S/C18H15F2NO3/c19-12-6-10-16(8-14(12)21-4-2-1-3-5-21)24-17-9-15(22)13(20)7-11(17)18(10)23/h6-9,22H,1-5H2. The molecule has 1 aliphatic heterocycles. The summed E-state index contributed by atoms with van der Waals surface area (Å²) in [5.41, 5.74) is 0.174. The fraction of sp³-hybridized carbons (Fsp3) is 0.278. The van der Waals surface area contributed by atoms with E-state index < -0.39 is 22.8 Å². The van der Waals surface area contributed by atoms with Crippen molar-refractivity contribution in [1.82, 2.24) is 0 Å². The zero-order chi connectivity index (χ0) is 16.8. The number of halogens is 2. The highest BCUT2D eigenvalue weighted by atomic mass is 19.1. The van der Waals surface area contributed by atoms with Gasteiger partial charge in [-0.25, -0.2) is 8.78 Å². The molecule has 0 bridgehead atoms. The number of phenols is 1. The van der Waals surface area contributed by atoms with Gasteiger partial charge in [0.2, 0.25) is 5.43 Å². The van der Waals surface area contributed by atoms with Gasteiger partial charge in [0.1, 0.15) is 17.0 Å². The normalized spacial score (nSPS) is 15.3. The zero-order valence-electron chi connectivity index (χ0n) is 12.8. The van der Waals surface area contributed by atoms with Gasteiger partial charge in [-0.3, -0.25) is 4.79 Å². The molecule has 1 fully saturated rings. The van der Waals surface area contributed by atoms with E-state index in [2.05, 4.69) is 0 Å². The maximum atomic E-state index is 14.5. The monoisotopic (exact) mass is 331 g/mol. The maximum absolute atomic E-state index is 14.5. The van der Waals surface area contributed by atoms with Crippen molar-refractivity contribution in [2.75, 3.05) is 18.0 Å². The third-order valence-electron chi connectivity index (χ3n) is 4.50. The first-order valence-electron chi connectivity index (χ1n) is 7.88. The van der Waals surface area contributed by atoms with Gasteiger partial charge in [-0.05, 0) is 31.4 Å². The zero-order valence-corrected chi connectivity index (χ0v) is 12.8. The van der Waals surface area contributed by atoms with Crippen LogP contribution < -0.4 is 10.3 Å². The van der Waals surface area contributed by atoms with Crippen LogP contribution in [0.3, 0.4) is 0 Å². The Morgan fingerprint density at radius 3 is 2.25 bits per heavy atom. The molecule has 6 heteroatoms. The lowest BCUT2D eigenvalue weighted by Gasteiger charge is -2.29. The lowest BCUT2D eigenvalue weighted by atomic mass is 10.1. The molecule has 0 atom stereocenters. The molecule has 1 saturated heterocycles. The fourth-order valence-corrected chi connectivity index (χ4v) is 3.25. The molecule has 0 unspecified atom stereocenters. The van der Waals surface area contributed by atoms with Crippen LogP contribution in [0.2, 0.25) is 0 Å². The quantitative estimate of drug-likeness (QED) is 0.687. The summed E-state index contributed by atoms with van der Waals surface area (Å²) >= 11 is 0. The average molecular weight is 331 g/mol. The summed E-state index contributed by atoms with van der Waals surface area (Å²) in [5, 5.41) is 9.51. The van der Waals surface area contributed by atoms with Crippen LogP contribution in [-0.4, -0.2) is 18.2 Å². The number of benzene rings is 2. The number of nitrogens with zero attached hydrogens (tertiary/aromatic N) is 1. The molecule has 0 radical (unpaired) electrons. The average Bonchev–Trinajstić information content (AvgIpc) is 2.58. The first kappa shape index (κ1) is 14.9. The predicted octanol–water partition coefficient (Wildman–Crippen LogP) is 3.92. The number of aromatic hydroxyl groups is 1. The van der Waals surface area contributed by atoms with Crippen molar-refractivity contribution in [3.05, 3.63) is 46.1 Å². The summed E-state index contributed by atoms with van der Waals surface area (Å²) < 4.78 is 33.6. The van der Waals surface area contributed by atoms with E-state index in [1.54, 1.807) is 0 Å². The summed E-state index contributed by atoms with van der Waals surface area (Å²) in [6.07, 6.45) is 3.11. The van der Waals surface area contributed by atoms with E-state index in [-0.39, 0.29) is 21.9 Å². The minimum atomic E-state index is -0.917. The fourth-order valence-electron chi connectivity index (χ4n) is 3.25. The van der Waals surface area contributed by atoms with Gasteiger partial charge in [0.05, 0.1) is 16.5 Å². The second-order valence-electron chi connectivity index (χ2n) is 6.08. The number of phenolic OH excluding ortho intramolecular Hbond substituents is 1. The van der Waals surface area contributed by atoms with Crippen molar-refractivity contribution in [1.29, 1.82) is 0 Å². The number of piperidine rings is 1. The van der Waals surface area contributed by atoms with E-state index in [0.717, 1.165) is 50.6 Å². The van der Waals surface area contributed by atoms with Crippen LogP contribution >= 0.6 is 0 Å². The Morgan fingerprint density at radius 1 is 0.917 bits per heavy atom. The minimum absolute atomic E-state index is 0.0251. The Balaban J connectivity index is 1.97. The van der Waals surface area contributed by atoms with E-state index in [4.69, 9.17) is 4.42 Å². The number of anilines is 1. The van der Waals surface area contributed by atoms with Crippen LogP contribution in [0.1, 0.15) is 19.3 Å². The molecular weight excluding hydrogens is 316 g/mol. The third-order valence-corrected chi connectivity index (χ3v) is 4.50. The van der Waals surface area contributed by atoms with Gasteiger partial charge >= 0.3 is 0 Å². The van der Waals surface area contributed by atoms with Gasteiger partial charge in [0.15, 0.2) is 11.6 Å². The van der Waals surface area contributed by atoms with Crippen molar-refractivity contribution in [3.8, 4) is 5.75 Å². The maximum Gasteiger partial charge on any atom is 0.200 e. The van der Waals surface area contributed by atoms with Gasteiger partial charge in [-0.2, -0.15) is 0 Å². The Bertz CT molecular complexity index is 1010. The molecule has 2 aromatic carbocycles. The molecule has 24 heavy (non-hydrogen) atoms. The number of fused-ring (bicyclic) bond motifs is 2. The summed E-state index contributed by atoms with van der Waals surface area (Å²) in [5.74, 6) is -2.00. The van der Waals surface area contributed by atoms with Crippen molar-refractivity contribution in [3.63, 3.8) is 0 Å². The van der Waals surface area contributed by atoms with E-state index in [9.17, 15) is 18.7 Å². The van der Waals surface area contributed by atoms with Gasteiger partial charge in [-0.1, -0.05) is 0 Å². The Morgan fingerprint density at radius 2 is 1.54 bits per heavy atom. The molecule has 0 spiro atoms. The van der Waals surface area contributed by atoms with Gasteiger partial charge in [0.25, 0.3) is 0 Å². The first-order chi connectivity index (χ1) is 11.5. The van der Waals surface area contributed by atoms with E-state index in [1.807, 2.05) is 4.90 Å². The van der Waals surface area contributed by atoms with Crippen LogP contribution in [0.15, 0.2) is 33.5 Å². The molecule has 2 heterocycles. The van der Waals surface area contributed by atoms with Crippen molar-refractivity contribution in [2.24, 2.45) is 0 Å². The van der Waals surface area contributed by atoms with Crippen LogP contribution in [0.5, 0.6) is 5.75 Å². The summed E-state index contributed by atoms with van der Waals surface area (Å²) in [6.45, 7) is 1.51. The molecule has 0 amide bonds. The number of rotatable bonds is 1. The summed E-state index contributed by atoms with van der Waals surface area (Å²) in [4.78, 5) is 14.4. The number of hydrogen-bond acceptors (Lipinski definition) is 4. The molecule has 0 saturated carbocycles. The molecule has 1 aliphatic rings. The third kappa shape index (κ3) is 2.29. The molecule has 3 aromatic rings. The highest BCUT2D eigenvalue weighted by Gasteiger charge is 2.19. The lowest BCUT2D eigenvalue weighted by molar-refractivity contribution is 0.432. The van der Waals surface area contributed by atoms with Gasteiger partial charge in [-0.15, -0.1) is 0 Å². The van der Waals surface area contributed by atoms with Crippen molar-refractivity contribution >= 4 is 27.6 Å². The highest BCUT2D eigenvalue weighted by molar-refractivity contribution is 5.91. The van der Waals surface area contributed by atoms with Crippen LogP contribution in [-0.2, 0) is 0 Å². The molecule has 1 N–H and O–H groups in total. The van der Waals surface area contributed by atoms with Crippen molar-refractivity contribution in [2.45, 2.75) is 19.3 Å². The van der Waals surface area contributed by atoms with E-state index >= 15 is 0 Å². The topological polar surface area (TPSA) is 53.7 Å². The Kier molecular flexibility index (Phi) is 3.40. The molecule has 124 valence electrons. The van der Waals surface area contributed by atoms with Gasteiger partial charge < -0.3 is 14.4 Å². The smallest absolute Gasteiger partial charge is 0.200 e. The Labute approximate surface area is 135 Å². The van der Waals surface area contributed by atoms with Crippen LogP contribution in [0, 0.1) is 11.6 Å². The highest BCUT2D eigenvalue weighted by Crippen LogP contribution is 2.30. The first-order valence-corrected chi connectivity index (χ1v) is 7.88. The molecular formula is C18H15F2NO3. The summed E-state index contributed by atoms with van der Waals surface area (Å²) in [6, 6.07) is 4.63. The number of hydrogen-bond donors (Lipinski definition) is 1. The largest absolute Gasteiger partial charge is 0.505 e. The summed E-state index contributed by atoms with van der Waals surface area (Å²) in [7, 11) is 0. The minimum Gasteiger partial charge on any atom is -0.505 e. The van der Waals surface area contributed by atoms with Gasteiger partial charge in [0, 0.05) is 25.2 Å². The second-order valence-corrected chi connectivity index (χ2v) is 6.08. The second kappa shape index (κ2) is 5.47. The Hall–Kier alpha value is -2.63. The predicted molar refractivity (Wildman–Crippen MR) is 87.6 cm³/mol. The molecule has 0 aliphatic carbocycles. The molecule has 4 rings (SSSR count). The van der Waals surface area contributed by atoms with E-state index in [1.165, 1.54) is 6.07 Å². The van der Waals surface area contributed by atoms with Crippen LogP contribution in [0.4, 0.5) is 14.5 Å². The van der Waals surface area contributed by atoms with E-state index in [0.29, 0.717) is 5.69 Å². The van der Waals surface area contributed by atoms with Crippen LogP contribution in [0.25, 0.3) is 21.9 Å². The lowest BCUT2D eigenvalue weighted by Crippen LogP contribution is -2.30.